The molecule has 2 aromatic carbocycles. The van der Waals surface area contributed by atoms with Crippen LogP contribution in [0.3, 0.4) is 0 Å². The first kappa shape index (κ1) is 14.8. The Balaban J connectivity index is 1.73. The van der Waals surface area contributed by atoms with Gasteiger partial charge in [0.15, 0.2) is 0 Å². The number of nitrogen functional groups attached to an aromatic ring is 1. The van der Waals surface area contributed by atoms with Gasteiger partial charge in [0.2, 0.25) is 5.91 Å². The lowest BCUT2D eigenvalue weighted by Crippen LogP contribution is -2.13. The summed E-state index contributed by atoms with van der Waals surface area (Å²) in [6.07, 6.45) is 0.774. The van der Waals surface area contributed by atoms with Crippen molar-refractivity contribution in [2.45, 2.75) is 12.8 Å². The maximum Gasteiger partial charge on any atom is 0.224 e. The molecule has 0 atom stereocenters. The van der Waals surface area contributed by atoms with Gasteiger partial charge in [0.05, 0.1) is 18.0 Å². The normalized spacial score (nSPS) is 10.1. The molecule has 0 saturated heterocycles. The third-order valence-electron chi connectivity index (χ3n) is 2.87. The third kappa shape index (κ3) is 4.49. The van der Waals surface area contributed by atoms with Crippen LogP contribution in [-0.4, -0.2) is 12.5 Å². The van der Waals surface area contributed by atoms with Gasteiger partial charge in [0.1, 0.15) is 11.6 Å². The van der Waals surface area contributed by atoms with E-state index in [9.17, 15) is 9.18 Å². The maximum absolute atomic E-state index is 13.4. The molecule has 2 rings (SSSR count). The summed E-state index contributed by atoms with van der Waals surface area (Å²) >= 11 is 0. The van der Waals surface area contributed by atoms with Crippen molar-refractivity contribution in [1.29, 1.82) is 0 Å². The monoisotopic (exact) mass is 288 g/mol. The zero-order chi connectivity index (χ0) is 15.1. The minimum absolute atomic E-state index is 0.190. The Morgan fingerprint density at radius 1 is 1.14 bits per heavy atom. The van der Waals surface area contributed by atoms with Crippen molar-refractivity contribution in [2.24, 2.45) is 0 Å². The number of nitrogens with one attached hydrogen (secondary N) is 1. The van der Waals surface area contributed by atoms with Gasteiger partial charge in [-0.15, -0.1) is 0 Å². The number of carbonyl (C=O) groups excluding carboxylic acids is 1. The predicted molar refractivity (Wildman–Crippen MR) is 80.6 cm³/mol. The number of para-hydroxylation sites is 3. The summed E-state index contributed by atoms with van der Waals surface area (Å²) in [6, 6.07) is 13.2. The van der Waals surface area contributed by atoms with Crippen LogP contribution in [0.25, 0.3) is 0 Å². The molecule has 0 aliphatic heterocycles. The van der Waals surface area contributed by atoms with Crippen molar-refractivity contribution < 1.29 is 13.9 Å². The largest absolute Gasteiger partial charge is 0.491 e. The van der Waals surface area contributed by atoms with E-state index in [1.807, 2.05) is 12.1 Å². The Hall–Kier alpha value is -2.56. The number of benzene rings is 2. The molecular weight excluding hydrogens is 271 g/mol. The number of hydrogen-bond donors (Lipinski definition) is 2. The highest BCUT2D eigenvalue weighted by Gasteiger charge is 2.06. The Labute approximate surface area is 122 Å². The lowest BCUT2D eigenvalue weighted by molar-refractivity contribution is -0.116. The van der Waals surface area contributed by atoms with Gasteiger partial charge in [-0.3, -0.25) is 4.79 Å². The first-order valence-corrected chi connectivity index (χ1v) is 6.68. The minimum atomic E-state index is -0.445. The van der Waals surface area contributed by atoms with E-state index in [0.717, 1.165) is 0 Å². The van der Waals surface area contributed by atoms with Crippen molar-refractivity contribution >= 4 is 17.3 Å². The summed E-state index contributed by atoms with van der Waals surface area (Å²) in [6.45, 7) is 0.374. The van der Waals surface area contributed by atoms with Gasteiger partial charge >= 0.3 is 0 Å². The number of anilines is 2. The van der Waals surface area contributed by atoms with E-state index < -0.39 is 5.82 Å². The number of ether oxygens (including phenoxy) is 1. The zero-order valence-corrected chi connectivity index (χ0v) is 11.5. The summed E-state index contributed by atoms with van der Waals surface area (Å²) in [5.41, 5.74) is 6.49. The predicted octanol–water partition coefficient (Wildman–Crippen LogP) is 3.21. The Kier molecular flexibility index (Phi) is 5.15. The number of nitrogens with two attached hydrogens (primary N) is 1. The van der Waals surface area contributed by atoms with Crippen LogP contribution in [0.1, 0.15) is 12.8 Å². The number of halogens is 1. The van der Waals surface area contributed by atoms with Crippen molar-refractivity contribution in [3.8, 4) is 5.75 Å². The van der Waals surface area contributed by atoms with Crippen molar-refractivity contribution in [2.75, 3.05) is 17.7 Å². The number of amides is 1. The molecule has 0 aliphatic rings. The number of carbonyl (C=O) groups is 1. The van der Waals surface area contributed by atoms with Crippen molar-refractivity contribution in [3.05, 3.63) is 54.3 Å². The molecule has 2 aromatic rings. The van der Waals surface area contributed by atoms with Gasteiger partial charge in [-0.1, -0.05) is 24.3 Å². The molecule has 1 amide bonds. The molecule has 0 fully saturated rings. The second-order valence-corrected chi connectivity index (χ2v) is 4.52. The second kappa shape index (κ2) is 7.28. The molecule has 21 heavy (non-hydrogen) atoms. The van der Waals surface area contributed by atoms with Crippen molar-refractivity contribution in [3.63, 3.8) is 0 Å². The van der Waals surface area contributed by atoms with E-state index in [1.165, 1.54) is 12.1 Å². The molecule has 3 N–H and O–H groups in total. The fourth-order valence-electron chi connectivity index (χ4n) is 1.80. The number of hydrogen-bond acceptors (Lipinski definition) is 3. The summed E-state index contributed by atoms with van der Waals surface area (Å²) in [5.74, 6) is -0.0871. The van der Waals surface area contributed by atoms with Crippen LogP contribution in [0, 0.1) is 5.82 Å². The van der Waals surface area contributed by atoms with Gasteiger partial charge in [-0.05, 0) is 30.7 Å². The Morgan fingerprint density at radius 3 is 2.62 bits per heavy atom. The minimum Gasteiger partial charge on any atom is -0.491 e. The SMILES string of the molecule is Nc1ccccc1OCCCC(=O)Nc1ccccc1F. The Morgan fingerprint density at radius 2 is 1.86 bits per heavy atom. The number of rotatable bonds is 6. The summed E-state index contributed by atoms with van der Waals surface area (Å²) in [7, 11) is 0. The quantitative estimate of drug-likeness (QED) is 0.633. The van der Waals surface area contributed by atoms with Crippen LogP contribution in [0.4, 0.5) is 15.8 Å². The van der Waals surface area contributed by atoms with E-state index >= 15 is 0 Å². The van der Waals surface area contributed by atoms with Gasteiger partial charge in [-0.25, -0.2) is 4.39 Å². The lowest BCUT2D eigenvalue weighted by Gasteiger charge is -2.09. The van der Waals surface area contributed by atoms with E-state index in [2.05, 4.69) is 5.32 Å². The second-order valence-electron chi connectivity index (χ2n) is 4.52. The van der Waals surface area contributed by atoms with Gasteiger partial charge < -0.3 is 15.8 Å². The average Bonchev–Trinajstić information content (AvgIpc) is 2.48. The molecule has 0 radical (unpaired) electrons. The van der Waals surface area contributed by atoms with E-state index in [4.69, 9.17) is 10.5 Å². The van der Waals surface area contributed by atoms with Crippen LogP contribution in [0.2, 0.25) is 0 Å². The summed E-state index contributed by atoms with van der Waals surface area (Å²) in [4.78, 5) is 11.7. The van der Waals surface area contributed by atoms with Crippen molar-refractivity contribution in [1.82, 2.24) is 0 Å². The molecule has 0 unspecified atom stereocenters. The zero-order valence-electron chi connectivity index (χ0n) is 11.5. The summed E-state index contributed by atoms with van der Waals surface area (Å²) in [5, 5.41) is 2.53. The summed E-state index contributed by atoms with van der Waals surface area (Å²) < 4.78 is 18.8. The first-order valence-electron chi connectivity index (χ1n) is 6.68. The van der Waals surface area contributed by atoms with E-state index in [1.54, 1.807) is 24.3 Å². The smallest absolute Gasteiger partial charge is 0.224 e. The highest BCUT2D eigenvalue weighted by Crippen LogP contribution is 2.20. The Bertz CT molecular complexity index is 617. The lowest BCUT2D eigenvalue weighted by atomic mass is 10.2. The highest BCUT2D eigenvalue weighted by atomic mass is 19.1. The van der Waals surface area contributed by atoms with Gasteiger partial charge in [0, 0.05) is 6.42 Å². The molecule has 5 heteroatoms. The molecule has 4 nitrogen and oxygen atoms in total. The molecule has 0 bridgehead atoms. The van der Waals surface area contributed by atoms with E-state index in [-0.39, 0.29) is 18.0 Å². The topological polar surface area (TPSA) is 64.3 Å². The van der Waals surface area contributed by atoms with E-state index in [0.29, 0.717) is 24.5 Å². The molecule has 0 aliphatic carbocycles. The van der Waals surface area contributed by atoms with Crippen LogP contribution < -0.4 is 15.8 Å². The van der Waals surface area contributed by atoms with Crippen LogP contribution >= 0.6 is 0 Å². The molecular formula is C16H17FN2O2. The van der Waals surface area contributed by atoms with Gasteiger partial charge in [0.25, 0.3) is 0 Å². The molecule has 0 spiro atoms. The molecule has 0 aromatic heterocycles. The fourth-order valence-corrected chi connectivity index (χ4v) is 1.80. The maximum atomic E-state index is 13.4. The molecule has 110 valence electrons. The standard InChI is InChI=1S/C16H17FN2O2/c17-12-6-1-3-8-14(12)19-16(20)10-5-11-21-15-9-4-2-7-13(15)18/h1-4,6-9H,5,10-11,18H2,(H,19,20). The average molecular weight is 288 g/mol. The molecule has 0 saturated carbocycles. The highest BCUT2D eigenvalue weighted by molar-refractivity contribution is 5.90. The first-order chi connectivity index (χ1) is 10.2. The molecule has 0 heterocycles. The third-order valence-corrected chi connectivity index (χ3v) is 2.87. The van der Waals surface area contributed by atoms with Crippen LogP contribution in [0.15, 0.2) is 48.5 Å². The van der Waals surface area contributed by atoms with Crippen LogP contribution in [0.5, 0.6) is 5.75 Å². The fraction of sp³-hybridized carbons (Fsp3) is 0.188. The van der Waals surface area contributed by atoms with Crippen LogP contribution in [-0.2, 0) is 4.79 Å². The van der Waals surface area contributed by atoms with Gasteiger partial charge in [-0.2, -0.15) is 0 Å².